The van der Waals surface area contributed by atoms with Crippen LogP contribution in [0.25, 0.3) is 0 Å². The summed E-state index contributed by atoms with van der Waals surface area (Å²) in [5.74, 6) is 0.00364. The fourth-order valence-electron chi connectivity index (χ4n) is 4.20. The van der Waals surface area contributed by atoms with E-state index in [-0.39, 0.29) is 29.0 Å². The Labute approximate surface area is 154 Å². The summed E-state index contributed by atoms with van der Waals surface area (Å²) in [5.41, 5.74) is 0.815. The molecule has 2 aliphatic heterocycles. The molecule has 0 aromatic heterocycles. The second-order valence-corrected chi connectivity index (χ2v) is 8.18. The van der Waals surface area contributed by atoms with Gasteiger partial charge in [0.05, 0.1) is 0 Å². The van der Waals surface area contributed by atoms with Crippen molar-refractivity contribution in [2.75, 3.05) is 39.8 Å². The van der Waals surface area contributed by atoms with Gasteiger partial charge in [0, 0.05) is 64.1 Å². The number of halogens is 1. The molecule has 0 aliphatic carbocycles. The van der Waals surface area contributed by atoms with Crippen LogP contribution in [0.15, 0.2) is 24.3 Å². The fraction of sp³-hybridized carbons (Fsp3) is 0.600. The molecule has 2 aliphatic rings. The van der Waals surface area contributed by atoms with E-state index in [0.29, 0.717) is 32.6 Å². The molecule has 1 spiro atoms. The number of hydrogen-bond donors (Lipinski definition) is 0. The first-order chi connectivity index (χ1) is 12.3. The number of amides is 2. The van der Waals surface area contributed by atoms with E-state index in [9.17, 15) is 14.0 Å². The molecule has 3 rings (SSSR count). The van der Waals surface area contributed by atoms with Crippen LogP contribution >= 0.6 is 0 Å². The van der Waals surface area contributed by atoms with Crippen LogP contribution in [-0.2, 0) is 16.1 Å². The highest BCUT2D eigenvalue weighted by Crippen LogP contribution is 2.35. The molecule has 0 unspecified atom stereocenters. The number of carbonyl (C=O) groups is 2. The van der Waals surface area contributed by atoms with Gasteiger partial charge < -0.3 is 9.80 Å². The van der Waals surface area contributed by atoms with E-state index < -0.39 is 0 Å². The van der Waals surface area contributed by atoms with Crippen LogP contribution in [0.1, 0.15) is 25.8 Å². The molecule has 2 amide bonds. The SMILES string of the molecule is CC(C)C(=O)N1CCN(Cc2ccc(F)cc2)C[C@]2(CC(=O)N(C)C2)C1. The molecule has 1 aromatic rings. The van der Waals surface area contributed by atoms with Crippen LogP contribution in [0.3, 0.4) is 0 Å². The average Bonchev–Trinajstić information content (AvgIpc) is 2.75. The van der Waals surface area contributed by atoms with Crippen molar-refractivity contribution in [3.63, 3.8) is 0 Å². The molecule has 0 saturated carbocycles. The highest BCUT2D eigenvalue weighted by atomic mass is 19.1. The Balaban J connectivity index is 1.81. The Morgan fingerprint density at radius 1 is 1.15 bits per heavy atom. The molecule has 2 saturated heterocycles. The normalized spacial score (nSPS) is 24.6. The minimum Gasteiger partial charge on any atom is -0.345 e. The number of likely N-dealkylation sites (tertiary alicyclic amines) is 1. The zero-order chi connectivity index (χ0) is 18.9. The van der Waals surface area contributed by atoms with Gasteiger partial charge in [-0.2, -0.15) is 0 Å². The van der Waals surface area contributed by atoms with Crippen molar-refractivity contribution >= 4 is 11.8 Å². The highest BCUT2D eigenvalue weighted by Gasteiger charge is 2.46. The first-order valence-corrected chi connectivity index (χ1v) is 9.28. The van der Waals surface area contributed by atoms with Crippen molar-refractivity contribution < 1.29 is 14.0 Å². The predicted molar refractivity (Wildman–Crippen MR) is 97.8 cm³/mol. The van der Waals surface area contributed by atoms with Gasteiger partial charge in [0.25, 0.3) is 0 Å². The lowest BCUT2D eigenvalue weighted by molar-refractivity contribution is -0.135. The van der Waals surface area contributed by atoms with Gasteiger partial charge in [-0.15, -0.1) is 0 Å². The summed E-state index contributed by atoms with van der Waals surface area (Å²) in [6, 6.07) is 6.56. The van der Waals surface area contributed by atoms with Crippen molar-refractivity contribution in [1.29, 1.82) is 0 Å². The lowest BCUT2D eigenvalue weighted by atomic mass is 9.85. The smallest absolute Gasteiger partial charge is 0.225 e. The Morgan fingerprint density at radius 3 is 2.42 bits per heavy atom. The molecule has 1 aromatic carbocycles. The van der Waals surface area contributed by atoms with Crippen molar-refractivity contribution in [3.05, 3.63) is 35.6 Å². The summed E-state index contributed by atoms with van der Waals surface area (Å²) >= 11 is 0. The third kappa shape index (κ3) is 4.06. The number of carbonyl (C=O) groups excluding carboxylic acids is 2. The second-order valence-electron chi connectivity index (χ2n) is 8.18. The Kier molecular flexibility index (Phi) is 5.32. The van der Waals surface area contributed by atoms with Crippen LogP contribution in [0.2, 0.25) is 0 Å². The Bertz CT molecular complexity index is 676. The van der Waals surface area contributed by atoms with Crippen LogP contribution in [0.5, 0.6) is 0 Å². The topological polar surface area (TPSA) is 43.9 Å². The molecule has 0 N–H and O–H groups in total. The van der Waals surface area contributed by atoms with Gasteiger partial charge >= 0.3 is 0 Å². The second kappa shape index (κ2) is 7.35. The minimum absolute atomic E-state index is 0.0504. The molecular weight excluding hydrogens is 333 g/mol. The van der Waals surface area contributed by atoms with Gasteiger partial charge in [-0.05, 0) is 17.7 Å². The monoisotopic (exact) mass is 361 g/mol. The van der Waals surface area contributed by atoms with E-state index in [1.165, 1.54) is 12.1 Å². The van der Waals surface area contributed by atoms with E-state index >= 15 is 0 Å². The number of nitrogens with zero attached hydrogens (tertiary/aromatic N) is 3. The lowest BCUT2D eigenvalue weighted by Crippen LogP contribution is -2.45. The molecular formula is C20H28FN3O2. The molecule has 2 fully saturated rings. The molecule has 2 heterocycles. The maximum Gasteiger partial charge on any atom is 0.225 e. The minimum atomic E-state index is -0.238. The van der Waals surface area contributed by atoms with Gasteiger partial charge in [0.2, 0.25) is 11.8 Å². The summed E-state index contributed by atoms with van der Waals surface area (Å²) in [6.45, 7) is 8.02. The van der Waals surface area contributed by atoms with Gasteiger partial charge in [0.15, 0.2) is 0 Å². The largest absolute Gasteiger partial charge is 0.345 e. The zero-order valence-electron chi connectivity index (χ0n) is 15.9. The molecule has 0 radical (unpaired) electrons. The Morgan fingerprint density at radius 2 is 1.85 bits per heavy atom. The van der Waals surface area contributed by atoms with Crippen LogP contribution < -0.4 is 0 Å². The molecule has 5 nitrogen and oxygen atoms in total. The summed E-state index contributed by atoms with van der Waals surface area (Å²) in [4.78, 5) is 30.9. The predicted octanol–water partition coefficient (Wildman–Crippen LogP) is 1.97. The maximum atomic E-state index is 13.2. The lowest BCUT2D eigenvalue weighted by Gasteiger charge is -2.34. The number of hydrogen-bond acceptors (Lipinski definition) is 3. The number of rotatable bonds is 3. The standard InChI is InChI=1S/C20H28FN3O2/c1-15(2)19(26)24-9-8-23(11-16-4-6-17(21)7-5-16)13-20(14-24)10-18(25)22(3)12-20/h4-7,15H,8-14H2,1-3H3/t20-/m1/s1. The molecule has 1 atom stereocenters. The van der Waals surface area contributed by atoms with Gasteiger partial charge in [-0.25, -0.2) is 4.39 Å². The van der Waals surface area contributed by atoms with Crippen LogP contribution in [0.4, 0.5) is 4.39 Å². The first kappa shape index (κ1) is 18.8. The third-order valence-electron chi connectivity index (χ3n) is 5.42. The quantitative estimate of drug-likeness (QED) is 0.827. The number of benzene rings is 1. The molecule has 0 bridgehead atoms. The van der Waals surface area contributed by atoms with Gasteiger partial charge in [-0.3, -0.25) is 14.5 Å². The summed E-state index contributed by atoms with van der Waals surface area (Å²) < 4.78 is 13.2. The maximum absolute atomic E-state index is 13.2. The molecule has 142 valence electrons. The van der Waals surface area contributed by atoms with E-state index in [2.05, 4.69) is 4.90 Å². The first-order valence-electron chi connectivity index (χ1n) is 9.28. The Hall–Kier alpha value is -1.95. The summed E-state index contributed by atoms with van der Waals surface area (Å²) in [7, 11) is 1.83. The van der Waals surface area contributed by atoms with Crippen molar-refractivity contribution in [2.24, 2.45) is 11.3 Å². The zero-order valence-corrected chi connectivity index (χ0v) is 15.9. The summed E-state index contributed by atoms with van der Waals surface area (Å²) in [5, 5.41) is 0. The molecule has 26 heavy (non-hydrogen) atoms. The van der Waals surface area contributed by atoms with E-state index in [1.807, 2.05) is 25.8 Å². The fourth-order valence-corrected chi connectivity index (χ4v) is 4.20. The van der Waals surface area contributed by atoms with Gasteiger partial charge in [-0.1, -0.05) is 26.0 Å². The third-order valence-corrected chi connectivity index (χ3v) is 5.42. The van der Waals surface area contributed by atoms with Crippen molar-refractivity contribution in [2.45, 2.75) is 26.8 Å². The van der Waals surface area contributed by atoms with Crippen LogP contribution in [0, 0.1) is 17.2 Å². The van der Waals surface area contributed by atoms with E-state index in [0.717, 1.165) is 18.7 Å². The van der Waals surface area contributed by atoms with Gasteiger partial charge in [0.1, 0.15) is 5.82 Å². The van der Waals surface area contributed by atoms with E-state index in [1.54, 1.807) is 17.0 Å². The highest BCUT2D eigenvalue weighted by molar-refractivity contribution is 5.80. The van der Waals surface area contributed by atoms with Crippen LogP contribution in [-0.4, -0.2) is 66.3 Å². The van der Waals surface area contributed by atoms with Crippen molar-refractivity contribution in [1.82, 2.24) is 14.7 Å². The average molecular weight is 361 g/mol. The van der Waals surface area contributed by atoms with Crippen molar-refractivity contribution in [3.8, 4) is 0 Å². The summed E-state index contributed by atoms with van der Waals surface area (Å²) in [6.07, 6.45) is 0.477. The van der Waals surface area contributed by atoms with E-state index in [4.69, 9.17) is 0 Å². The molecule has 6 heteroatoms.